The number of hydrogen-bond donors (Lipinski definition) is 1. The van der Waals surface area contributed by atoms with Gasteiger partial charge in [0.25, 0.3) is 0 Å². The van der Waals surface area contributed by atoms with Gasteiger partial charge in [0.2, 0.25) is 0 Å². The summed E-state index contributed by atoms with van der Waals surface area (Å²) in [6.45, 7) is 1.62. The van der Waals surface area contributed by atoms with E-state index >= 15 is 0 Å². The van der Waals surface area contributed by atoms with Crippen LogP contribution in [0.2, 0.25) is 0 Å². The third kappa shape index (κ3) is 1.86. The van der Waals surface area contributed by atoms with Gasteiger partial charge in [-0.15, -0.1) is 11.8 Å². The van der Waals surface area contributed by atoms with Crippen molar-refractivity contribution in [3.63, 3.8) is 0 Å². The van der Waals surface area contributed by atoms with Crippen molar-refractivity contribution in [1.82, 2.24) is 4.98 Å². The third-order valence-corrected chi connectivity index (χ3v) is 2.42. The molecular weight excluding hydrogens is 200 g/mol. The zero-order chi connectivity index (χ0) is 10.7. The first-order valence-electron chi connectivity index (χ1n) is 3.79. The Labute approximate surface area is 85.6 Å². The molecule has 1 aromatic rings. The fourth-order valence-electron chi connectivity index (χ4n) is 1.04. The van der Waals surface area contributed by atoms with Crippen LogP contribution in [0.4, 0.5) is 0 Å². The number of pyridine rings is 1. The first kappa shape index (κ1) is 10.5. The molecule has 5 heteroatoms. The molecular formula is C9H8N2O2S. The maximum absolute atomic E-state index is 10.7. The first-order valence-corrected chi connectivity index (χ1v) is 5.01. The topological polar surface area (TPSA) is 74.0 Å². The van der Waals surface area contributed by atoms with Gasteiger partial charge in [0.15, 0.2) is 0 Å². The lowest BCUT2D eigenvalue weighted by molar-refractivity contribution is 0.0695. The van der Waals surface area contributed by atoms with Crippen molar-refractivity contribution < 1.29 is 9.90 Å². The minimum atomic E-state index is -1.06. The lowest BCUT2D eigenvalue weighted by Gasteiger charge is -2.04. The van der Waals surface area contributed by atoms with E-state index in [0.717, 1.165) is 0 Å². The van der Waals surface area contributed by atoms with Crippen molar-refractivity contribution in [2.75, 3.05) is 6.26 Å². The zero-order valence-corrected chi connectivity index (χ0v) is 8.55. The van der Waals surface area contributed by atoms with Crippen LogP contribution in [0.25, 0.3) is 0 Å². The number of thioether (sulfide) groups is 1. The number of aromatic carboxylic acids is 1. The molecule has 0 spiro atoms. The molecule has 1 aromatic heterocycles. The van der Waals surface area contributed by atoms with Crippen molar-refractivity contribution in [3.8, 4) is 6.07 Å². The van der Waals surface area contributed by atoms with Crippen LogP contribution in [0.1, 0.15) is 21.6 Å². The minimum absolute atomic E-state index is 0.0827. The summed E-state index contributed by atoms with van der Waals surface area (Å²) >= 11 is 1.33. The standard InChI is InChI=1S/C9H8N2O2S/c1-5-7(9(12)13)3-6(4-10)8(11-5)14-2/h3H,1-2H3,(H,12,13). The van der Waals surface area contributed by atoms with E-state index in [1.54, 1.807) is 13.2 Å². The second kappa shape index (κ2) is 4.11. The molecule has 0 aliphatic heterocycles. The molecule has 0 bridgehead atoms. The third-order valence-electron chi connectivity index (χ3n) is 1.72. The van der Waals surface area contributed by atoms with Gasteiger partial charge in [0, 0.05) is 0 Å². The van der Waals surface area contributed by atoms with Gasteiger partial charge < -0.3 is 5.11 Å². The molecule has 0 aliphatic carbocycles. The van der Waals surface area contributed by atoms with Crippen molar-refractivity contribution >= 4 is 17.7 Å². The molecule has 4 nitrogen and oxygen atoms in total. The first-order chi connectivity index (χ1) is 6.60. The Hall–Kier alpha value is -1.54. The number of aromatic nitrogens is 1. The summed E-state index contributed by atoms with van der Waals surface area (Å²) < 4.78 is 0. The summed E-state index contributed by atoms with van der Waals surface area (Å²) in [6, 6.07) is 3.28. The fourth-order valence-corrected chi connectivity index (χ4v) is 1.59. The summed E-state index contributed by atoms with van der Waals surface area (Å²) in [6.07, 6.45) is 1.79. The number of carbonyl (C=O) groups is 1. The second-order valence-electron chi connectivity index (χ2n) is 2.60. The lowest BCUT2D eigenvalue weighted by atomic mass is 10.1. The normalized spacial score (nSPS) is 9.50. The predicted molar refractivity (Wildman–Crippen MR) is 52.4 cm³/mol. The highest BCUT2D eigenvalue weighted by Gasteiger charge is 2.12. The van der Waals surface area contributed by atoms with E-state index in [1.165, 1.54) is 17.8 Å². The van der Waals surface area contributed by atoms with Crippen LogP contribution in [0.3, 0.4) is 0 Å². The predicted octanol–water partition coefficient (Wildman–Crippen LogP) is 1.68. The van der Waals surface area contributed by atoms with Crippen LogP contribution < -0.4 is 0 Å². The molecule has 1 rings (SSSR count). The molecule has 0 radical (unpaired) electrons. The number of carboxylic acids is 1. The molecule has 1 N–H and O–H groups in total. The van der Waals surface area contributed by atoms with E-state index in [2.05, 4.69) is 4.98 Å². The van der Waals surface area contributed by atoms with Crippen molar-refractivity contribution in [2.45, 2.75) is 11.9 Å². The number of carboxylic acid groups (broad SMARTS) is 1. The van der Waals surface area contributed by atoms with Gasteiger partial charge >= 0.3 is 5.97 Å². The van der Waals surface area contributed by atoms with E-state index in [1.807, 2.05) is 6.07 Å². The summed E-state index contributed by atoms with van der Waals surface area (Å²) in [7, 11) is 0. The Balaban J connectivity index is 3.40. The Morgan fingerprint density at radius 1 is 1.71 bits per heavy atom. The van der Waals surface area contributed by atoms with Crippen LogP contribution >= 0.6 is 11.8 Å². The van der Waals surface area contributed by atoms with Crippen LogP contribution in [0, 0.1) is 18.3 Å². The maximum atomic E-state index is 10.7. The van der Waals surface area contributed by atoms with Gasteiger partial charge in [-0.3, -0.25) is 0 Å². The van der Waals surface area contributed by atoms with Crippen LogP contribution in [-0.4, -0.2) is 22.3 Å². The largest absolute Gasteiger partial charge is 0.478 e. The van der Waals surface area contributed by atoms with Crippen LogP contribution in [-0.2, 0) is 0 Å². The quantitative estimate of drug-likeness (QED) is 0.748. The average molecular weight is 208 g/mol. The summed E-state index contributed by atoms with van der Waals surface area (Å²) in [5.41, 5.74) is 0.820. The Bertz CT molecular complexity index is 424. The van der Waals surface area contributed by atoms with Crippen LogP contribution in [0.15, 0.2) is 11.1 Å². The molecule has 0 saturated carbocycles. The van der Waals surface area contributed by atoms with Gasteiger partial charge in [-0.2, -0.15) is 5.26 Å². The van der Waals surface area contributed by atoms with E-state index in [-0.39, 0.29) is 5.56 Å². The van der Waals surface area contributed by atoms with Gasteiger partial charge in [-0.05, 0) is 19.2 Å². The Kier molecular flexibility index (Phi) is 3.10. The van der Waals surface area contributed by atoms with Gasteiger partial charge in [0.1, 0.15) is 11.1 Å². The van der Waals surface area contributed by atoms with Gasteiger partial charge in [-0.1, -0.05) is 0 Å². The number of nitrogens with zero attached hydrogens (tertiary/aromatic N) is 2. The minimum Gasteiger partial charge on any atom is -0.478 e. The molecule has 14 heavy (non-hydrogen) atoms. The molecule has 0 unspecified atom stereocenters. The van der Waals surface area contributed by atoms with Crippen molar-refractivity contribution in [1.29, 1.82) is 5.26 Å². The highest BCUT2D eigenvalue weighted by molar-refractivity contribution is 7.98. The summed E-state index contributed by atoms with van der Waals surface area (Å²) in [5, 5.41) is 18.1. The summed E-state index contributed by atoms with van der Waals surface area (Å²) in [5.74, 6) is -1.06. The summed E-state index contributed by atoms with van der Waals surface area (Å²) in [4.78, 5) is 14.8. The fraction of sp³-hybridized carbons (Fsp3) is 0.222. The highest BCUT2D eigenvalue weighted by Crippen LogP contribution is 2.20. The highest BCUT2D eigenvalue weighted by atomic mass is 32.2. The van der Waals surface area contributed by atoms with Crippen molar-refractivity contribution in [3.05, 3.63) is 22.9 Å². The Morgan fingerprint density at radius 3 is 2.79 bits per heavy atom. The number of aryl methyl sites for hydroxylation is 1. The van der Waals surface area contributed by atoms with Gasteiger partial charge in [-0.25, -0.2) is 9.78 Å². The van der Waals surface area contributed by atoms with E-state index in [0.29, 0.717) is 16.3 Å². The van der Waals surface area contributed by atoms with E-state index in [4.69, 9.17) is 10.4 Å². The van der Waals surface area contributed by atoms with Crippen LogP contribution in [0.5, 0.6) is 0 Å². The van der Waals surface area contributed by atoms with E-state index in [9.17, 15) is 4.79 Å². The Morgan fingerprint density at radius 2 is 2.36 bits per heavy atom. The SMILES string of the molecule is CSc1nc(C)c(C(=O)O)cc1C#N. The van der Waals surface area contributed by atoms with Gasteiger partial charge in [0.05, 0.1) is 16.8 Å². The molecule has 0 amide bonds. The van der Waals surface area contributed by atoms with E-state index < -0.39 is 5.97 Å². The average Bonchev–Trinajstić information content (AvgIpc) is 2.16. The smallest absolute Gasteiger partial charge is 0.337 e. The molecule has 0 fully saturated rings. The molecule has 72 valence electrons. The zero-order valence-electron chi connectivity index (χ0n) is 7.74. The molecule has 0 atom stereocenters. The molecule has 0 aromatic carbocycles. The lowest BCUT2D eigenvalue weighted by Crippen LogP contribution is -2.04. The van der Waals surface area contributed by atoms with Crippen molar-refractivity contribution in [2.24, 2.45) is 0 Å². The molecule has 1 heterocycles. The number of rotatable bonds is 2. The molecule has 0 aliphatic rings. The molecule has 0 saturated heterocycles. The maximum Gasteiger partial charge on any atom is 0.337 e. The number of nitriles is 1. The number of hydrogen-bond acceptors (Lipinski definition) is 4. The monoisotopic (exact) mass is 208 g/mol. The second-order valence-corrected chi connectivity index (χ2v) is 3.39.